The Morgan fingerprint density at radius 2 is 2.28 bits per heavy atom. The highest BCUT2D eigenvalue weighted by atomic mass is 16.5. The highest BCUT2D eigenvalue weighted by Gasteiger charge is 2.26. The Kier molecular flexibility index (Phi) is 4.23. The van der Waals surface area contributed by atoms with Gasteiger partial charge in [0.05, 0.1) is 12.2 Å². The number of oxazole rings is 1. The summed E-state index contributed by atoms with van der Waals surface area (Å²) in [7, 11) is 0. The standard InChI is InChI=1S/C18H20N4O3/c1-12-9-17(25-21-12)20-16(23)11-22-8-4-5-13(10-22)18-19-14-6-2-3-7-15(14)24-18/h2-3,6-7,9,13H,4-5,8,10-11H2,1H3,(H,20,23). The van der Waals surface area contributed by atoms with Crippen LogP contribution in [-0.2, 0) is 4.79 Å². The van der Waals surface area contributed by atoms with Crippen molar-refractivity contribution in [2.24, 2.45) is 0 Å². The predicted octanol–water partition coefficient (Wildman–Crippen LogP) is 2.94. The second-order valence-electron chi connectivity index (χ2n) is 6.47. The maximum absolute atomic E-state index is 12.2. The van der Waals surface area contributed by atoms with Crippen LogP contribution in [-0.4, -0.2) is 40.6 Å². The number of fused-ring (bicyclic) bond motifs is 1. The van der Waals surface area contributed by atoms with Crippen LogP contribution < -0.4 is 5.32 Å². The number of carbonyl (C=O) groups is 1. The molecule has 0 radical (unpaired) electrons. The van der Waals surface area contributed by atoms with Gasteiger partial charge >= 0.3 is 0 Å². The number of carbonyl (C=O) groups excluding carboxylic acids is 1. The monoisotopic (exact) mass is 340 g/mol. The van der Waals surface area contributed by atoms with E-state index in [2.05, 4.69) is 20.4 Å². The van der Waals surface area contributed by atoms with Crippen LogP contribution in [0.1, 0.15) is 30.3 Å². The minimum atomic E-state index is -0.102. The van der Waals surface area contributed by atoms with E-state index in [-0.39, 0.29) is 11.8 Å². The molecule has 1 atom stereocenters. The number of hydrogen-bond acceptors (Lipinski definition) is 6. The number of benzene rings is 1. The molecule has 2 aromatic heterocycles. The van der Waals surface area contributed by atoms with Gasteiger partial charge < -0.3 is 8.94 Å². The van der Waals surface area contributed by atoms with Crippen molar-refractivity contribution in [2.75, 3.05) is 25.0 Å². The van der Waals surface area contributed by atoms with Crippen molar-refractivity contribution in [3.05, 3.63) is 41.9 Å². The number of anilines is 1. The molecule has 7 heteroatoms. The summed E-state index contributed by atoms with van der Waals surface area (Å²) in [5.74, 6) is 1.25. The SMILES string of the molecule is Cc1cc(NC(=O)CN2CCCC(c3nc4ccccc4o3)C2)on1. The highest BCUT2D eigenvalue weighted by molar-refractivity contribution is 5.90. The number of amides is 1. The molecule has 0 spiro atoms. The molecule has 1 aromatic carbocycles. The van der Waals surface area contributed by atoms with Gasteiger partial charge in [-0.15, -0.1) is 0 Å². The largest absolute Gasteiger partial charge is 0.440 e. The lowest BCUT2D eigenvalue weighted by Crippen LogP contribution is -2.39. The van der Waals surface area contributed by atoms with Gasteiger partial charge in [0.1, 0.15) is 5.52 Å². The average molecular weight is 340 g/mol. The quantitative estimate of drug-likeness (QED) is 0.786. The first-order valence-electron chi connectivity index (χ1n) is 8.48. The number of aryl methyl sites for hydroxylation is 1. The molecule has 0 saturated carbocycles. The van der Waals surface area contributed by atoms with E-state index in [1.807, 2.05) is 31.2 Å². The second-order valence-corrected chi connectivity index (χ2v) is 6.47. The van der Waals surface area contributed by atoms with Crippen LogP contribution in [0.5, 0.6) is 0 Å². The lowest BCUT2D eigenvalue weighted by atomic mass is 9.98. The third-order valence-electron chi connectivity index (χ3n) is 4.42. The fraction of sp³-hybridized carbons (Fsp3) is 0.389. The van der Waals surface area contributed by atoms with Crippen molar-refractivity contribution in [1.82, 2.24) is 15.0 Å². The summed E-state index contributed by atoms with van der Waals surface area (Å²) >= 11 is 0. The van der Waals surface area contributed by atoms with Gasteiger partial charge in [-0.25, -0.2) is 4.98 Å². The zero-order chi connectivity index (χ0) is 17.2. The molecular weight excluding hydrogens is 320 g/mol. The lowest BCUT2D eigenvalue weighted by Gasteiger charge is -2.30. The van der Waals surface area contributed by atoms with E-state index in [1.165, 1.54) is 0 Å². The van der Waals surface area contributed by atoms with Gasteiger partial charge in [-0.1, -0.05) is 17.3 Å². The summed E-state index contributed by atoms with van der Waals surface area (Å²) in [5.41, 5.74) is 2.44. The Labute approximate surface area is 145 Å². The van der Waals surface area contributed by atoms with Gasteiger partial charge in [-0.3, -0.25) is 15.0 Å². The molecule has 0 bridgehead atoms. The first kappa shape index (κ1) is 15.8. The van der Waals surface area contributed by atoms with Crippen LogP contribution in [0.15, 0.2) is 39.3 Å². The van der Waals surface area contributed by atoms with Gasteiger partial charge in [0, 0.05) is 18.5 Å². The Balaban J connectivity index is 1.39. The molecule has 1 fully saturated rings. The Morgan fingerprint density at radius 1 is 1.40 bits per heavy atom. The topological polar surface area (TPSA) is 84.4 Å². The van der Waals surface area contributed by atoms with Crippen LogP contribution in [0.4, 0.5) is 5.88 Å². The molecule has 3 aromatic rings. The zero-order valence-corrected chi connectivity index (χ0v) is 14.1. The predicted molar refractivity (Wildman–Crippen MR) is 92.3 cm³/mol. The normalized spacial score (nSPS) is 18.5. The second kappa shape index (κ2) is 6.68. The first-order valence-corrected chi connectivity index (χ1v) is 8.48. The van der Waals surface area contributed by atoms with Crippen molar-refractivity contribution < 1.29 is 13.7 Å². The van der Waals surface area contributed by atoms with E-state index < -0.39 is 0 Å². The minimum Gasteiger partial charge on any atom is -0.440 e. The van der Waals surface area contributed by atoms with Crippen molar-refractivity contribution in [3.63, 3.8) is 0 Å². The van der Waals surface area contributed by atoms with Crippen LogP contribution >= 0.6 is 0 Å². The molecule has 0 aliphatic carbocycles. The number of nitrogens with one attached hydrogen (secondary N) is 1. The van der Waals surface area contributed by atoms with Crippen LogP contribution in [0.25, 0.3) is 11.1 Å². The fourth-order valence-corrected chi connectivity index (χ4v) is 3.27. The van der Waals surface area contributed by atoms with Crippen LogP contribution in [0.2, 0.25) is 0 Å². The maximum atomic E-state index is 12.2. The van der Waals surface area contributed by atoms with Gasteiger partial charge in [-0.05, 0) is 38.4 Å². The third kappa shape index (κ3) is 3.56. The summed E-state index contributed by atoms with van der Waals surface area (Å²) in [5, 5.41) is 6.50. The van der Waals surface area contributed by atoms with Crippen LogP contribution in [0.3, 0.4) is 0 Å². The number of piperidine rings is 1. The molecule has 1 saturated heterocycles. The summed E-state index contributed by atoms with van der Waals surface area (Å²) in [6.07, 6.45) is 2.03. The minimum absolute atomic E-state index is 0.102. The van der Waals surface area contributed by atoms with Gasteiger partial charge in [0.2, 0.25) is 11.8 Å². The molecule has 4 rings (SSSR count). The van der Waals surface area contributed by atoms with Crippen molar-refractivity contribution in [1.29, 1.82) is 0 Å². The van der Waals surface area contributed by atoms with E-state index in [9.17, 15) is 4.79 Å². The number of nitrogens with zero attached hydrogens (tertiary/aromatic N) is 3. The molecule has 1 amide bonds. The van der Waals surface area contributed by atoms with Crippen molar-refractivity contribution >= 4 is 22.9 Å². The number of likely N-dealkylation sites (tertiary alicyclic amines) is 1. The molecule has 7 nitrogen and oxygen atoms in total. The summed E-state index contributed by atoms with van der Waals surface area (Å²) in [6.45, 7) is 3.78. The summed E-state index contributed by atoms with van der Waals surface area (Å²) in [4.78, 5) is 18.9. The first-order chi connectivity index (χ1) is 12.2. The Hall–Kier alpha value is -2.67. The van der Waals surface area contributed by atoms with E-state index in [0.717, 1.165) is 48.6 Å². The molecule has 130 valence electrons. The van der Waals surface area contributed by atoms with Crippen molar-refractivity contribution in [3.8, 4) is 0 Å². The van der Waals surface area contributed by atoms with Crippen LogP contribution in [0, 0.1) is 6.92 Å². The zero-order valence-electron chi connectivity index (χ0n) is 14.1. The highest BCUT2D eigenvalue weighted by Crippen LogP contribution is 2.28. The third-order valence-corrected chi connectivity index (χ3v) is 4.42. The number of hydrogen-bond donors (Lipinski definition) is 1. The fourth-order valence-electron chi connectivity index (χ4n) is 3.27. The number of para-hydroxylation sites is 2. The molecule has 3 heterocycles. The Morgan fingerprint density at radius 3 is 3.08 bits per heavy atom. The molecule has 1 N–H and O–H groups in total. The summed E-state index contributed by atoms with van der Waals surface area (Å²) in [6, 6.07) is 9.49. The van der Waals surface area contributed by atoms with Gasteiger partial charge in [-0.2, -0.15) is 0 Å². The molecule has 1 aliphatic rings. The van der Waals surface area contributed by atoms with E-state index in [0.29, 0.717) is 12.4 Å². The summed E-state index contributed by atoms with van der Waals surface area (Å²) < 4.78 is 10.9. The van der Waals surface area contributed by atoms with Gasteiger partial charge in [0.15, 0.2) is 11.5 Å². The van der Waals surface area contributed by atoms with E-state index in [1.54, 1.807) is 6.07 Å². The smallest absolute Gasteiger partial charge is 0.240 e. The number of aromatic nitrogens is 2. The van der Waals surface area contributed by atoms with E-state index >= 15 is 0 Å². The number of rotatable bonds is 4. The van der Waals surface area contributed by atoms with Crippen molar-refractivity contribution in [2.45, 2.75) is 25.7 Å². The lowest BCUT2D eigenvalue weighted by molar-refractivity contribution is -0.117. The molecular formula is C18H20N4O3. The maximum Gasteiger partial charge on any atom is 0.240 e. The molecule has 1 aliphatic heterocycles. The van der Waals surface area contributed by atoms with E-state index in [4.69, 9.17) is 8.94 Å². The Bertz CT molecular complexity index is 852. The molecule has 25 heavy (non-hydrogen) atoms. The molecule has 1 unspecified atom stereocenters. The average Bonchev–Trinajstić information content (AvgIpc) is 3.21. The van der Waals surface area contributed by atoms with Gasteiger partial charge in [0.25, 0.3) is 0 Å².